The fourth-order valence-corrected chi connectivity index (χ4v) is 4.41. The molecular weight excluding hydrogens is 502 g/mol. The number of rotatable bonds is 4. The molecule has 8 heteroatoms. The zero-order valence-electron chi connectivity index (χ0n) is 22.2. The minimum absolute atomic E-state index is 0.694. The van der Waals surface area contributed by atoms with Gasteiger partial charge in [-0.1, -0.05) is 39.3 Å². The minimum atomic E-state index is 0.694. The second-order valence-electron chi connectivity index (χ2n) is 7.36. The summed E-state index contributed by atoms with van der Waals surface area (Å²) in [4.78, 5) is 19.2. The number of carbonyl (C=O) groups is 1. The van der Waals surface area contributed by atoms with E-state index in [1.54, 1.807) is 24.5 Å². The number of aromatic nitrogens is 2. The van der Waals surface area contributed by atoms with Crippen molar-refractivity contribution in [1.82, 2.24) is 14.7 Å². The monoisotopic (exact) mass is 537 g/mol. The number of anilines is 2. The number of hydrogen-bond acceptors (Lipinski definition) is 7. The summed E-state index contributed by atoms with van der Waals surface area (Å²) < 4.78 is 5.43. The van der Waals surface area contributed by atoms with Gasteiger partial charge >= 0.3 is 0 Å². The molecule has 3 heterocycles. The summed E-state index contributed by atoms with van der Waals surface area (Å²) in [6.45, 7) is 10.1. The van der Waals surface area contributed by atoms with Gasteiger partial charge in [-0.2, -0.15) is 0 Å². The number of fused-ring (bicyclic) bond motifs is 1. The molecule has 0 radical (unpaired) electrons. The number of aldehydes is 1. The highest BCUT2D eigenvalue weighted by atomic mass is 35.5. The maximum atomic E-state index is 10.5. The van der Waals surface area contributed by atoms with E-state index in [2.05, 4.69) is 24.3 Å². The van der Waals surface area contributed by atoms with Crippen LogP contribution in [-0.2, 0) is 0 Å². The molecule has 0 bridgehead atoms. The van der Waals surface area contributed by atoms with E-state index in [1.807, 2.05) is 95.4 Å². The molecule has 0 spiro atoms. The van der Waals surface area contributed by atoms with Crippen molar-refractivity contribution in [3.63, 3.8) is 0 Å². The standard InChI is InChI=1S/C15H12ClN3.C10H12N2OS.2C2H6/c1-17-11-3-4-13(16)12(8-11)15-5-2-10-9-18-7-6-14(10)19-15;13-8-9-2-4-10(5-3-9)12-7-1-6-11-14-12;2*1-2/h2-9,17H,1H3;2-5,8,11H,1,6-7H2;2*1-2H3. The highest BCUT2D eigenvalue weighted by Crippen LogP contribution is 2.30. The molecule has 2 aromatic heterocycles. The van der Waals surface area contributed by atoms with E-state index in [9.17, 15) is 4.79 Å². The third kappa shape index (κ3) is 8.74. The Hall–Kier alpha value is -3.13. The summed E-state index contributed by atoms with van der Waals surface area (Å²) in [5.74, 6) is 0. The minimum Gasteiger partial charge on any atom is -0.388 e. The van der Waals surface area contributed by atoms with E-state index in [1.165, 1.54) is 0 Å². The summed E-state index contributed by atoms with van der Waals surface area (Å²) in [7, 11) is 1.88. The maximum Gasteiger partial charge on any atom is 0.150 e. The normalized spacial score (nSPS) is 12.1. The fraction of sp³-hybridized carbons (Fsp3) is 0.276. The van der Waals surface area contributed by atoms with Crippen LogP contribution in [0.4, 0.5) is 11.4 Å². The molecule has 2 N–H and O–H groups in total. The molecule has 0 saturated carbocycles. The number of hydrogen-bond donors (Lipinski definition) is 2. The van der Waals surface area contributed by atoms with Gasteiger partial charge in [0, 0.05) is 72.6 Å². The Kier molecular flexibility index (Phi) is 13.5. The number of carbonyl (C=O) groups excluding carboxylic acids is 1. The van der Waals surface area contributed by atoms with Crippen LogP contribution in [0.25, 0.3) is 22.2 Å². The summed E-state index contributed by atoms with van der Waals surface area (Å²) in [5, 5.41) is 4.82. The first-order valence-corrected chi connectivity index (χ1v) is 13.7. The second-order valence-corrected chi connectivity index (χ2v) is 8.68. The lowest BCUT2D eigenvalue weighted by Gasteiger charge is -2.27. The van der Waals surface area contributed by atoms with E-state index in [-0.39, 0.29) is 0 Å². The average Bonchev–Trinajstić information content (AvgIpc) is 3.00. The summed E-state index contributed by atoms with van der Waals surface area (Å²) in [6.07, 6.45) is 5.57. The largest absolute Gasteiger partial charge is 0.388 e. The Morgan fingerprint density at radius 1 is 1.03 bits per heavy atom. The van der Waals surface area contributed by atoms with Crippen molar-refractivity contribution in [2.75, 3.05) is 29.8 Å². The van der Waals surface area contributed by atoms with Crippen molar-refractivity contribution in [2.24, 2.45) is 0 Å². The molecule has 1 saturated heterocycles. The molecule has 1 fully saturated rings. The zero-order chi connectivity index (χ0) is 27.0. The Morgan fingerprint density at radius 2 is 1.78 bits per heavy atom. The molecule has 37 heavy (non-hydrogen) atoms. The van der Waals surface area contributed by atoms with Gasteiger partial charge in [-0.3, -0.25) is 9.78 Å². The topological polar surface area (TPSA) is 70.2 Å². The second kappa shape index (κ2) is 16.6. The molecule has 5 rings (SSSR count). The van der Waals surface area contributed by atoms with E-state index in [4.69, 9.17) is 11.6 Å². The van der Waals surface area contributed by atoms with Gasteiger partial charge in [0.25, 0.3) is 0 Å². The van der Waals surface area contributed by atoms with E-state index in [0.29, 0.717) is 5.02 Å². The van der Waals surface area contributed by atoms with E-state index in [0.717, 1.165) is 64.9 Å². The Balaban J connectivity index is 0.000000238. The van der Waals surface area contributed by atoms with Crippen LogP contribution in [0.15, 0.2) is 73.1 Å². The third-order valence-electron chi connectivity index (χ3n) is 5.15. The smallest absolute Gasteiger partial charge is 0.150 e. The lowest BCUT2D eigenvalue weighted by Crippen LogP contribution is -2.29. The highest BCUT2D eigenvalue weighted by Gasteiger charge is 2.11. The van der Waals surface area contributed by atoms with Gasteiger partial charge in [-0.25, -0.2) is 9.71 Å². The van der Waals surface area contributed by atoms with Crippen molar-refractivity contribution in [2.45, 2.75) is 34.1 Å². The van der Waals surface area contributed by atoms with Gasteiger partial charge in [-0.15, -0.1) is 0 Å². The van der Waals surface area contributed by atoms with Crippen LogP contribution in [0, 0.1) is 0 Å². The van der Waals surface area contributed by atoms with Gasteiger partial charge < -0.3 is 9.62 Å². The van der Waals surface area contributed by atoms with Crippen LogP contribution in [-0.4, -0.2) is 36.4 Å². The third-order valence-corrected chi connectivity index (χ3v) is 6.43. The molecule has 0 atom stereocenters. The SMILES string of the molecule is CC.CC.CNc1ccc(Cl)c(-c2ccc3cnccc3n2)c1.O=Cc1ccc(N2CCCNS2)cc1. The number of pyridine rings is 2. The van der Waals surface area contributed by atoms with Crippen molar-refractivity contribution in [3.8, 4) is 11.3 Å². The molecule has 0 unspecified atom stereocenters. The molecule has 196 valence electrons. The first-order valence-electron chi connectivity index (χ1n) is 12.6. The number of halogens is 1. The van der Waals surface area contributed by atoms with E-state index < -0.39 is 0 Å². The number of nitrogens with zero attached hydrogens (tertiary/aromatic N) is 3. The van der Waals surface area contributed by atoms with Gasteiger partial charge in [0.1, 0.15) is 6.29 Å². The van der Waals surface area contributed by atoms with E-state index >= 15 is 0 Å². The predicted molar refractivity (Wildman–Crippen MR) is 162 cm³/mol. The summed E-state index contributed by atoms with van der Waals surface area (Å²) in [5.41, 5.74) is 5.58. The summed E-state index contributed by atoms with van der Waals surface area (Å²) >= 11 is 7.88. The quantitative estimate of drug-likeness (QED) is 0.202. The van der Waals surface area contributed by atoms with Gasteiger partial charge in [-0.05, 0) is 67.1 Å². The van der Waals surface area contributed by atoms with Crippen LogP contribution in [0.1, 0.15) is 44.5 Å². The molecule has 2 aromatic carbocycles. The predicted octanol–water partition coefficient (Wildman–Crippen LogP) is 7.91. The Morgan fingerprint density at radius 3 is 2.43 bits per heavy atom. The molecule has 4 aromatic rings. The van der Waals surface area contributed by atoms with Crippen LogP contribution < -0.4 is 14.3 Å². The number of nitrogens with one attached hydrogen (secondary N) is 2. The van der Waals surface area contributed by atoms with Gasteiger partial charge in [0.15, 0.2) is 0 Å². The zero-order valence-corrected chi connectivity index (χ0v) is 23.7. The molecule has 6 nitrogen and oxygen atoms in total. The van der Waals surface area contributed by atoms with Crippen molar-refractivity contribution in [1.29, 1.82) is 0 Å². The van der Waals surface area contributed by atoms with Gasteiger partial charge in [0.2, 0.25) is 0 Å². The fourth-order valence-electron chi connectivity index (χ4n) is 3.36. The first kappa shape index (κ1) is 30.1. The highest BCUT2D eigenvalue weighted by molar-refractivity contribution is 7.98. The average molecular weight is 538 g/mol. The number of benzene rings is 2. The Bertz CT molecular complexity index is 1230. The lowest BCUT2D eigenvalue weighted by atomic mass is 10.1. The Labute approximate surface area is 230 Å². The van der Waals surface area contributed by atoms with Crippen LogP contribution in [0.5, 0.6) is 0 Å². The molecule has 1 aliphatic rings. The first-order chi connectivity index (χ1) is 18.2. The van der Waals surface area contributed by atoms with Crippen LogP contribution in [0.3, 0.4) is 0 Å². The van der Waals surface area contributed by atoms with Crippen molar-refractivity contribution in [3.05, 3.63) is 83.6 Å². The molecule has 1 aliphatic heterocycles. The molecular formula is C29H36ClN5OS. The van der Waals surface area contributed by atoms with Crippen LogP contribution >= 0.6 is 23.7 Å². The molecule has 0 amide bonds. The maximum absolute atomic E-state index is 10.5. The molecule has 0 aliphatic carbocycles. The summed E-state index contributed by atoms with van der Waals surface area (Å²) in [6, 6.07) is 19.3. The van der Waals surface area contributed by atoms with Crippen molar-refractivity contribution < 1.29 is 4.79 Å². The lowest BCUT2D eigenvalue weighted by molar-refractivity contribution is 0.112. The van der Waals surface area contributed by atoms with Crippen molar-refractivity contribution >= 4 is 52.3 Å². The van der Waals surface area contributed by atoms with Gasteiger partial charge in [0.05, 0.1) is 16.2 Å². The van der Waals surface area contributed by atoms with Crippen LogP contribution in [0.2, 0.25) is 5.02 Å².